The molecule has 0 aliphatic carbocycles. The van der Waals surface area contributed by atoms with Crippen LogP contribution in [-0.2, 0) is 4.74 Å². The molecule has 0 unspecified atom stereocenters. The van der Waals surface area contributed by atoms with Gasteiger partial charge in [-0.2, -0.15) is 0 Å². The molecule has 1 amide bonds. The van der Waals surface area contributed by atoms with E-state index >= 15 is 0 Å². The Hall–Kier alpha value is -1.17. The lowest BCUT2D eigenvalue weighted by atomic mass is 10.2. The average Bonchev–Trinajstić information content (AvgIpc) is 2.33. The number of ether oxygens (including phenoxy) is 1. The van der Waals surface area contributed by atoms with E-state index in [9.17, 15) is 4.79 Å². The third kappa shape index (κ3) is 5.95. The van der Waals surface area contributed by atoms with Crippen LogP contribution < -0.4 is 5.32 Å². The predicted molar refractivity (Wildman–Crippen MR) is 71.0 cm³/mol. The summed E-state index contributed by atoms with van der Waals surface area (Å²) in [5.74, 6) is -0.171. The van der Waals surface area contributed by atoms with E-state index in [0.29, 0.717) is 30.5 Å². The molecule has 1 rings (SSSR count). The summed E-state index contributed by atoms with van der Waals surface area (Å²) in [5.41, 5.74) is 0.503. The Morgan fingerprint density at radius 1 is 1.50 bits per heavy atom. The molecule has 5 nitrogen and oxygen atoms in total. The van der Waals surface area contributed by atoms with Gasteiger partial charge in [0.2, 0.25) is 0 Å². The summed E-state index contributed by atoms with van der Waals surface area (Å²) in [6.07, 6.45) is 1.50. The average molecular weight is 272 g/mol. The van der Waals surface area contributed by atoms with Gasteiger partial charge in [-0.1, -0.05) is 11.6 Å². The van der Waals surface area contributed by atoms with Crippen LogP contribution in [0.4, 0.5) is 0 Å². The molecule has 100 valence electrons. The van der Waals surface area contributed by atoms with Crippen LogP contribution in [0.15, 0.2) is 18.3 Å². The Morgan fingerprint density at radius 2 is 2.28 bits per heavy atom. The first kappa shape index (κ1) is 14.9. The van der Waals surface area contributed by atoms with Crippen molar-refractivity contribution >= 4 is 17.5 Å². The summed E-state index contributed by atoms with van der Waals surface area (Å²) in [6, 6.07) is 3.15. The fourth-order valence-corrected chi connectivity index (χ4v) is 1.41. The van der Waals surface area contributed by atoms with Crippen molar-refractivity contribution in [1.82, 2.24) is 15.2 Å². The van der Waals surface area contributed by atoms with Crippen LogP contribution in [0.1, 0.15) is 10.4 Å². The largest absolute Gasteiger partial charge is 0.378 e. The maximum atomic E-state index is 11.7. The lowest BCUT2D eigenvalue weighted by Crippen LogP contribution is -2.28. The zero-order chi connectivity index (χ0) is 13.4. The van der Waals surface area contributed by atoms with Crippen molar-refractivity contribution in [3.05, 3.63) is 29.0 Å². The van der Waals surface area contributed by atoms with Gasteiger partial charge >= 0.3 is 0 Å². The van der Waals surface area contributed by atoms with E-state index in [-0.39, 0.29) is 5.91 Å². The summed E-state index contributed by atoms with van der Waals surface area (Å²) in [6.45, 7) is 2.50. The first-order valence-corrected chi connectivity index (χ1v) is 6.09. The van der Waals surface area contributed by atoms with Crippen LogP contribution in [-0.4, -0.2) is 56.2 Å². The second kappa shape index (κ2) is 8.02. The molecule has 1 aromatic rings. The summed E-state index contributed by atoms with van der Waals surface area (Å²) >= 11 is 5.70. The number of hydrogen-bond acceptors (Lipinski definition) is 4. The number of pyridine rings is 1. The predicted octanol–water partition coefficient (Wildman–Crippen LogP) is 1.04. The van der Waals surface area contributed by atoms with Gasteiger partial charge in [0.25, 0.3) is 5.91 Å². The van der Waals surface area contributed by atoms with Crippen LogP contribution in [0, 0.1) is 0 Å². The van der Waals surface area contributed by atoms with E-state index in [1.165, 1.54) is 12.3 Å². The number of nitrogens with zero attached hydrogens (tertiary/aromatic N) is 2. The monoisotopic (exact) mass is 271 g/mol. The highest BCUT2D eigenvalue weighted by Gasteiger charge is 2.05. The highest BCUT2D eigenvalue weighted by atomic mass is 35.5. The van der Waals surface area contributed by atoms with Gasteiger partial charge in [0, 0.05) is 24.8 Å². The maximum Gasteiger partial charge on any atom is 0.251 e. The minimum absolute atomic E-state index is 0.171. The Morgan fingerprint density at radius 3 is 2.94 bits per heavy atom. The van der Waals surface area contributed by atoms with Crippen molar-refractivity contribution in [2.24, 2.45) is 0 Å². The van der Waals surface area contributed by atoms with Gasteiger partial charge in [-0.15, -0.1) is 0 Å². The Kier molecular flexibility index (Phi) is 6.64. The first-order chi connectivity index (χ1) is 8.59. The SMILES string of the molecule is CN(C)CCOCCNC(=O)c1ccnc(Cl)c1. The quantitative estimate of drug-likeness (QED) is 0.595. The maximum absolute atomic E-state index is 11.7. The molecular formula is C12H18ClN3O2. The Balaban J connectivity index is 2.18. The molecule has 0 bridgehead atoms. The van der Waals surface area contributed by atoms with Gasteiger partial charge in [-0.05, 0) is 26.2 Å². The number of carbonyl (C=O) groups is 1. The van der Waals surface area contributed by atoms with Gasteiger partial charge in [0.1, 0.15) is 5.15 Å². The van der Waals surface area contributed by atoms with Gasteiger partial charge in [-0.25, -0.2) is 4.98 Å². The molecule has 6 heteroatoms. The lowest BCUT2D eigenvalue weighted by Gasteiger charge is -2.10. The molecule has 1 aromatic heterocycles. The van der Waals surface area contributed by atoms with Crippen molar-refractivity contribution < 1.29 is 9.53 Å². The number of amides is 1. The van der Waals surface area contributed by atoms with E-state index in [0.717, 1.165) is 6.54 Å². The summed E-state index contributed by atoms with van der Waals surface area (Å²) in [7, 11) is 3.97. The minimum atomic E-state index is -0.171. The highest BCUT2D eigenvalue weighted by Crippen LogP contribution is 2.06. The molecule has 0 atom stereocenters. The molecule has 0 radical (unpaired) electrons. The van der Waals surface area contributed by atoms with Crippen molar-refractivity contribution in [2.75, 3.05) is 40.4 Å². The molecule has 0 saturated carbocycles. The molecule has 1 heterocycles. The number of aromatic nitrogens is 1. The Labute approximate surface area is 112 Å². The Bertz CT molecular complexity index is 385. The van der Waals surface area contributed by atoms with Crippen molar-refractivity contribution in [3.63, 3.8) is 0 Å². The number of halogens is 1. The topological polar surface area (TPSA) is 54.5 Å². The molecule has 0 aromatic carbocycles. The van der Waals surface area contributed by atoms with Gasteiger partial charge < -0.3 is 15.0 Å². The van der Waals surface area contributed by atoms with Crippen molar-refractivity contribution in [3.8, 4) is 0 Å². The van der Waals surface area contributed by atoms with E-state index in [4.69, 9.17) is 16.3 Å². The lowest BCUT2D eigenvalue weighted by molar-refractivity contribution is 0.0900. The van der Waals surface area contributed by atoms with Gasteiger partial charge in [0.15, 0.2) is 0 Å². The smallest absolute Gasteiger partial charge is 0.251 e. The third-order valence-electron chi connectivity index (χ3n) is 2.20. The third-order valence-corrected chi connectivity index (χ3v) is 2.41. The zero-order valence-electron chi connectivity index (χ0n) is 10.6. The summed E-state index contributed by atoms with van der Waals surface area (Å²) in [4.78, 5) is 17.5. The van der Waals surface area contributed by atoms with Gasteiger partial charge in [0.05, 0.1) is 13.2 Å². The second-order valence-corrected chi connectivity index (χ2v) is 4.43. The number of carbonyl (C=O) groups excluding carboxylic acids is 1. The number of rotatable bonds is 7. The molecule has 0 aliphatic rings. The first-order valence-electron chi connectivity index (χ1n) is 5.72. The van der Waals surface area contributed by atoms with E-state index in [2.05, 4.69) is 10.3 Å². The van der Waals surface area contributed by atoms with E-state index in [1.54, 1.807) is 6.07 Å². The van der Waals surface area contributed by atoms with Crippen LogP contribution >= 0.6 is 11.6 Å². The number of likely N-dealkylation sites (N-methyl/N-ethyl adjacent to an activating group) is 1. The van der Waals surface area contributed by atoms with Gasteiger partial charge in [-0.3, -0.25) is 4.79 Å². The molecule has 18 heavy (non-hydrogen) atoms. The van der Waals surface area contributed by atoms with Crippen LogP contribution in [0.2, 0.25) is 5.15 Å². The fourth-order valence-electron chi connectivity index (χ4n) is 1.23. The number of nitrogens with one attached hydrogen (secondary N) is 1. The molecule has 0 spiro atoms. The fraction of sp³-hybridized carbons (Fsp3) is 0.500. The summed E-state index contributed by atoms with van der Waals surface area (Å²) < 4.78 is 5.36. The molecule has 1 N–H and O–H groups in total. The zero-order valence-corrected chi connectivity index (χ0v) is 11.4. The van der Waals surface area contributed by atoms with Crippen LogP contribution in [0.3, 0.4) is 0 Å². The number of hydrogen-bond donors (Lipinski definition) is 1. The molecule has 0 saturated heterocycles. The normalized spacial score (nSPS) is 10.7. The highest BCUT2D eigenvalue weighted by molar-refractivity contribution is 6.29. The van der Waals surface area contributed by atoms with E-state index in [1.807, 2.05) is 19.0 Å². The summed E-state index contributed by atoms with van der Waals surface area (Å²) in [5, 5.41) is 3.06. The molecule has 0 fully saturated rings. The molecule has 0 aliphatic heterocycles. The molecular weight excluding hydrogens is 254 g/mol. The standard InChI is InChI=1S/C12H18ClN3O2/c1-16(2)6-8-18-7-5-15-12(17)10-3-4-14-11(13)9-10/h3-4,9H,5-8H2,1-2H3,(H,15,17). The van der Waals surface area contributed by atoms with Crippen LogP contribution in [0.25, 0.3) is 0 Å². The van der Waals surface area contributed by atoms with Crippen LogP contribution in [0.5, 0.6) is 0 Å². The van der Waals surface area contributed by atoms with E-state index < -0.39 is 0 Å². The second-order valence-electron chi connectivity index (χ2n) is 4.04. The minimum Gasteiger partial charge on any atom is -0.378 e. The van der Waals surface area contributed by atoms with Crippen molar-refractivity contribution in [2.45, 2.75) is 0 Å². The van der Waals surface area contributed by atoms with Crippen molar-refractivity contribution in [1.29, 1.82) is 0 Å².